The van der Waals surface area contributed by atoms with E-state index in [9.17, 15) is 4.79 Å². The van der Waals surface area contributed by atoms with Crippen LogP contribution in [0.5, 0.6) is 0 Å². The molecule has 3 aromatic rings. The van der Waals surface area contributed by atoms with Crippen LogP contribution < -0.4 is 11.1 Å². The summed E-state index contributed by atoms with van der Waals surface area (Å²) in [6, 6.07) is 13.0. The summed E-state index contributed by atoms with van der Waals surface area (Å²) in [5.74, 6) is -0.0429. The molecule has 20 heavy (non-hydrogen) atoms. The average molecular weight is 283 g/mol. The molecule has 5 heteroatoms. The van der Waals surface area contributed by atoms with Crippen molar-refractivity contribution >= 4 is 38.8 Å². The van der Waals surface area contributed by atoms with Crippen LogP contribution >= 0.6 is 11.3 Å². The van der Waals surface area contributed by atoms with Crippen LogP contribution in [0.2, 0.25) is 0 Å². The number of hydrogen-bond donors (Lipinski definition) is 2. The number of amides is 1. The molecule has 0 aliphatic heterocycles. The van der Waals surface area contributed by atoms with Crippen molar-refractivity contribution in [3.8, 4) is 0 Å². The fraction of sp³-hybridized carbons (Fsp3) is 0.0667. The number of aromatic nitrogens is 1. The van der Waals surface area contributed by atoms with Gasteiger partial charge >= 0.3 is 0 Å². The monoisotopic (exact) mass is 283 g/mol. The van der Waals surface area contributed by atoms with Crippen molar-refractivity contribution in [3.63, 3.8) is 0 Å². The standard InChI is InChI=1S/C15H13N3OS/c16-11-3-1-10(2-4-11)7-15(19)18-12-5-6-13-14(8-12)20-9-17-13/h1-6,8-9H,7,16H2,(H,18,19). The Morgan fingerprint density at radius 1 is 1.20 bits per heavy atom. The minimum Gasteiger partial charge on any atom is -0.399 e. The Morgan fingerprint density at radius 3 is 2.80 bits per heavy atom. The first-order chi connectivity index (χ1) is 9.70. The van der Waals surface area contributed by atoms with Gasteiger partial charge in [0.15, 0.2) is 0 Å². The first-order valence-corrected chi connectivity index (χ1v) is 7.06. The number of nitrogens with zero attached hydrogens (tertiary/aromatic N) is 1. The van der Waals surface area contributed by atoms with Crippen molar-refractivity contribution in [2.75, 3.05) is 11.1 Å². The van der Waals surface area contributed by atoms with Crippen LogP contribution in [0.3, 0.4) is 0 Å². The van der Waals surface area contributed by atoms with Crippen LogP contribution in [0.25, 0.3) is 10.2 Å². The van der Waals surface area contributed by atoms with Crippen molar-refractivity contribution in [1.82, 2.24) is 4.98 Å². The van der Waals surface area contributed by atoms with Gasteiger partial charge in [-0.3, -0.25) is 4.79 Å². The molecule has 4 nitrogen and oxygen atoms in total. The lowest BCUT2D eigenvalue weighted by atomic mass is 10.1. The number of carbonyl (C=O) groups excluding carboxylic acids is 1. The average Bonchev–Trinajstić information content (AvgIpc) is 2.89. The van der Waals surface area contributed by atoms with Gasteiger partial charge < -0.3 is 11.1 Å². The molecule has 3 N–H and O–H groups in total. The van der Waals surface area contributed by atoms with Gasteiger partial charge in [-0.25, -0.2) is 4.98 Å². The Kier molecular flexibility index (Phi) is 3.35. The number of fused-ring (bicyclic) bond motifs is 1. The fourth-order valence-corrected chi connectivity index (χ4v) is 2.68. The zero-order chi connectivity index (χ0) is 13.9. The van der Waals surface area contributed by atoms with Crippen LogP contribution in [-0.4, -0.2) is 10.9 Å². The Labute approximate surface area is 120 Å². The molecule has 0 fully saturated rings. The van der Waals surface area contributed by atoms with Gasteiger partial charge in [-0.15, -0.1) is 11.3 Å². The second kappa shape index (κ2) is 5.30. The summed E-state index contributed by atoms with van der Waals surface area (Å²) in [5, 5.41) is 2.90. The normalized spacial score (nSPS) is 10.6. The molecule has 0 atom stereocenters. The summed E-state index contributed by atoms with van der Waals surface area (Å²) in [6.07, 6.45) is 0.334. The molecule has 0 spiro atoms. The van der Waals surface area contributed by atoms with Crippen LogP contribution in [0.1, 0.15) is 5.56 Å². The van der Waals surface area contributed by atoms with Crippen LogP contribution in [-0.2, 0) is 11.2 Å². The molecule has 0 saturated carbocycles. The number of nitrogen functional groups attached to an aromatic ring is 1. The van der Waals surface area contributed by atoms with Crippen molar-refractivity contribution < 1.29 is 4.79 Å². The predicted octanol–water partition coefficient (Wildman–Crippen LogP) is 3.06. The minimum atomic E-state index is -0.0429. The van der Waals surface area contributed by atoms with Crippen molar-refractivity contribution in [3.05, 3.63) is 53.5 Å². The van der Waals surface area contributed by atoms with E-state index in [1.807, 2.05) is 30.3 Å². The third-order valence-electron chi connectivity index (χ3n) is 2.96. The van der Waals surface area contributed by atoms with E-state index in [1.54, 1.807) is 29.0 Å². The topological polar surface area (TPSA) is 68.0 Å². The summed E-state index contributed by atoms with van der Waals surface area (Å²) >= 11 is 1.56. The number of hydrogen-bond acceptors (Lipinski definition) is 4. The summed E-state index contributed by atoms with van der Waals surface area (Å²) in [4.78, 5) is 16.2. The van der Waals surface area contributed by atoms with E-state index < -0.39 is 0 Å². The molecule has 0 bridgehead atoms. The highest BCUT2D eigenvalue weighted by molar-refractivity contribution is 7.16. The molecule has 1 aromatic heterocycles. The molecule has 1 heterocycles. The highest BCUT2D eigenvalue weighted by Gasteiger charge is 2.05. The van der Waals surface area contributed by atoms with Gasteiger partial charge in [0.05, 0.1) is 22.1 Å². The molecule has 0 saturated heterocycles. The third kappa shape index (κ3) is 2.78. The van der Waals surface area contributed by atoms with Crippen LogP contribution in [0, 0.1) is 0 Å². The first-order valence-electron chi connectivity index (χ1n) is 6.18. The predicted molar refractivity (Wildman–Crippen MR) is 82.8 cm³/mol. The van der Waals surface area contributed by atoms with E-state index in [2.05, 4.69) is 10.3 Å². The van der Waals surface area contributed by atoms with Crippen molar-refractivity contribution in [1.29, 1.82) is 0 Å². The van der Waals surface area contributed by atoms with Crippen LogP contribution in [0.4, 0.5) is 11.4 Å². The number of nitrogens with two attached hydrogens (primary N) is 1. The van der Waals surface area contributed by atoms with E-state index >= 15 is 0 Å². The number of rotatable bonds is 3. The Hall–Kier alpha value is -2.40. The fourth-order valence-electron chi connectivity index (χ4n) is 1.96. The summed E-state index contributed by atoms with van der Waals surface area (Å²) in [7, 11) is 0. The maximum atomic E-state index is 12.0. The smallest absolute Gasteiger partial charge is 0.228 e. The molecule has 2 aromatic carbocycles. The number of carbonyl (C=O) groups is 1. The van der Waals surface area contributed by atoms with Crippen molar-refractivity contribution in [2.24, 2.45) is 0 Å². The molecule has 0 unspecified atom stereocenters. The lowest BCUT2D eigenvalue weighted by Gasteiger charge is -2.05. The minimum absolute atomic E-state index is 0.0429. The Balaban J connectivity index is 1.70. The number of benzene rings is 2. The molecule has 100 valence electrons. The SMILES string of the molecule is Nc1ccc(CC(=O)Nc2ccc3ncsc3c2)cc1. The van der Waals surface area contributed by atoms with Gasteiger partial charge in [0.25, 0.3) is 0 Å². The van der Waals surface area contributed by atoms with Gasteiger partial charge in [0.1, 0.15) is 0 Å². The second-order valence-electron chi connectivity index (χ2n) is 4.50. The third-order valence-corrected chi connectivity index (χ3v) is 3.75. The van der Waals surface area contributed by atoms with Gasteiger partial charge in [0.2, 0.25) is 5.91 Å². The first kappa shape index (κ1) is 12.6. The van der Waals surface area contributed by atoms with E-state index in [0.29, 0.717) is 12.1 Å². The van der Waals surface area contributed by atoms with E-state index in [4.69, 9.17) is 5.73 Å². The number of thiazole rings is 1. The largest absolute Gasteiger partial charge is 0.399 e. The van der Waals surface area contributed by atoms with Gasteiger partial charge in [-0.05, 0) is 35.9 Å². The molecular weight excluding hydrogens is 270 g/mol. The van der Waals surface area contributed by atoms with E-state index in [-0.39, 0.29) is 5.91 Å². The summed E-state index contributed by atoms with van der Waals surface area (Å²) in [6.45, 7) is 0. The van der Waals surface area contributed by atoms with Crippen LogP contribution in [0.15, 0.2) is 48.0 Å². The molecule has 3 rings (SSSR count). The molecular formula is C15H13N3OS. The maximum absolute atomic E-state index is 12.0. The summed E-state index contributed by atoms with van der Waals surface area (Å²) < 4.78 is 1.07. The van der Waals surface area contributed by atoms with Gasteiger partial charge in [0, 0.05) is 11.4 Å². The van der Waals surface area contributed by atoms with Gasteiger partial charge in [-0.2, -0.15) is 0 Å². The highest BCUT2D eigenvalue weighted by atomic mass is 32.1. The zero-order valence-corrected chi connectivity index (χ0v) is 11.5. The Bertz CT molecular complexity index is 749. The lowest BCUT2D eigenvalue weighted by molar-refractivity contribution is -0.115. The summed E-state index contributed by atoms with van der Waals surface area (Å²) in [5.41, 5.74) is 10.8. The quantitative estimate of drug-likeness (QED) is 0.726. The lowest BCUT2D eigenvalue weighted by Crippen LogP contribution is -2.14. The molecule has 0 radical (unpaired) electrons. The number of anilines is 2. The van der Waals surface area contributed by atoms with Crippen molar-refractivity contribution in [2.45, 2.75) is 6.42 Å². The highest BCUT2D eigenvalue weighted by Crippen LogP contribution is 2.21. The zero-order valence-electron chi connectivity index (χ0n) is 10.7. The number of nitrogens with one attached hydrogen (secondary N) is 1. The second-order valence-corrected chi connectivity index (χ2v) is 5.39. The molecule has 0 aliphatic rings. The molecule has 1 amide bonds. The van der Waals surface area contributed by atoms with E-state index in [1.165, 1.54) is 0 Å². The molecule has 0 aliphatic carbocycles. The Morgan fingerprint density at radius 2 is 2.00 bits per heavy atom. The van der Waals surface area contributed by atoms with E-state index in [0.717, 1.165) is 21.5 Å². The maximum Gasteiger partial charge on any atom is 0.228 e. The van der Waals surface area contributed by atoms with Gasteiger partial charge in [-0.1, -0.05) is 12.1 Å².